The first-order valence-electron chi connectivity index (χ1n) is 5.63. The topological polar surface area (TPSA) is 49.3 Å². The van der Waals surface area contributed by atoms with Gasteiger partial charge in [0, 0.05) is 17.1 Å². The molecule has 1 amide bonds. The summed E-state index contributed by atoms with van der Waals surface area (Å²) in [5, 5.41) is 12.8. The Balaban J connectivity index is 2.64. The minimum absolute atomic E-state index is 0.122. The van der Waals surface area contributed by atoms with E-state index in [-0.39, 0.29) is 18.4 Å². The van der Waals surface area contributed by atoms with E-state index in [4.69, 9.17) is 11.6 Å². The van der Waals surface area contributed by atoms with Crippen LogP contribution in [0.4, 0.5) is 0 Å². The van der Waals surface area contributed by atoms with Crippen molar-refractivity contribution in [1.82, 2.24) is 5.32 Å². The Morgan fingerprint density at radius 1 is 1.41 bits per heavy atom. The van der Waals surface area contributed by atoms with Gasteiger partial charge in [0.1, 0.15) is 0 Å². The van der Waals surface area contributed by atoms with Gasteiger partial charge in [-0.3, -0.25) is 4.79 Å². The lowest BCUT2D eigenvalue weighted by Crippen LogP contribution is -2.34. The highest BCUT2D eigenvalue weighted by Crippen LogP contribution is 2.14. The van der Waals surface area contributed by atoms with Gasteiger partial charge >= 0.3 is 0 Å². The van der Waals surface area contributed by atoms with Crippen LogP contribution in [0.5, 0.6) is 0 Å². The highest BCUT2D eigenvalue weighted by atomic mass is 35.5. The van der Waals surface area contributed by atoms with E-state index in [0.29, 0.717) is 10.6 Å². The highest BCUT2D eigenvalue weighted by molar-refractivity contribution is 6.31. The average Bonchev–Trinajstić information content (AvgIpc) is 2.23. The minimum atomic E-state index is -0.528. The van der Waals surface area contributed by atoms with Gasteiger partial charge in [0.2, 0.25) is 0 Å². The first kappa shape index (κ1) is 14.0. The summed E-state index contributed by atoms with van der Waals surface area (Å²) in [6.45, 7) is 5.94. The number of amides is 1. The van der Waals surface area contributed by atoms with Crippen LogP contribution in [0.25, 0.3) is 0 Å². The predicted octanol–water partition coefficient (Wildman–Crippen LogP) is 2.40. The van der Waals surface area contributed by atoms with Crippen LogP contribution in [-0.4, -0.2) is 23.7 Å². The number of carbonyl (C=O) groups is 1. The van der Waals surface area contributed by atoms with Crippen molar-refractivity contribution >= 4 is 17.5 Å². The average molecular weight is 256 g/mol. The number of aliphatic hydroxyl groups is 1. The zero-order valence-corrected chi connectivity index (χ0v) is 11.1. The van der Waals surface area contributed by atoms with Crippen LogP contribution < -0.4 is 5.32 Å². The lowest BCUT2D eigenvalue weighted by atomic mass is 10.1. The quantitative estimate of drug-likeness (QED) is 0.868. The van der Waals surface area contributed by atoms with Crippen LogP contribution in [0, 0.1) is 12.8 Å². The molecule has 1 unspecified atom stereocenters. The van der Waals surface area contributed by atoms with E-state index in [2.05, 4.69) is 5.32 Å². The van der Waals surface area contributed by atoms with Gasteiger partial charge in [-0.1, -0.05) is 25.4 Å². The van der Waals surface area contributed by atoms with Crippen molar-refractivity contribution in [3.63, 3.8) is 0 Å². The van der Waals surface area contributed by atoms with E-state index < -0.39 is 6.10 Å². The van der Waals surface area contributed by atoms with E-state index >= 15 is 0 Å². The number of benzene rings is 1. The van der Waals surface area contributed by atoms with Gasteiger partial charge < -0.3 is 10.4 Å². The third-order valence-corrected chi connectivity index (χ3v) is 2.76. The molecule has 0 aliphatic carbocycles. The smallest absolute Gasteiger partial charge is 0.251 e. The number of aliphatic hydroxyl groups excluding tert-OH is 1. The standard InChI is InChI=1S/C13H18ClNO2/c1-8(2)12(16)7-15-13(17)10-4-9(3)5-11(14)6-10/h4-6,8,12,16H,7H2,1-3H3,(H,15,17). The van der Waals surface area contributed by atoms with E-state index in [1.165, 1.54) is 0 Å². The number of halogens is 1. The Morgan fingerprint density at radius 3 is 2.59 bits per heavy atom. The fourth-order valence-corrected chi connectivity index (χ4v) is 1.69. The van der Waals surface area contributed by atoms with Crippen molar-refractivity contribution in [2.45, 2.75) is 26.9 Å². The second kappa shape index (κ2) is 6.03. The van der Waals surface area contributed by atoms with Crippen LogP contribution in [0.1, 0.15) is 29.8 Å². The van der Waals surface area contributed by atoms with E-state index in [1.54, 1.807) is 18.2 Å². The van der Waals surface area contributed by atoms with Gasteiger partial charge in [0.25, 0.3) is 5.91 Å². The Labute approximate surface area is 107 Å². The van der Waals surface area contributed by atoms with Gasteiger partial charge in [0.15, 0.2) is 0 Å². The van der Waals surface area contributed by atoms with E-state index in [0.717, 1.165) is 5.56 Å². The summed E-state index contributed by atoms with van der Waals surface area (Å²) in [7, 11) is 0. The Hall–Kier alpha value is -1.06. The molecule has 0 saturated heterocycles. The molecule has 1 aromatic rings. The van der Waals surface area contributed by atoms with Crippen LogP contribution in [0.2, 0.25) is 5.02 Å². The molecule has 17 heavy (non-hydrogen) atoms. The summed E-state index contributed by atoms with van der Waals surface area (Å²) >= 11 is 5.88. The maximum atomic E-state index is 11.8. The molecule has 0 heterocycles. The Morgan fingerprint density at radius 2 is 2.06 bits per heavy atom. The largest absolute Gasteiger partial charge is 0.391 e. The van der Waals surface area contributed by atoms with Crippen molar-refractivity contribution in [1.29, 1.82) is 0 Å². The Kier molecular flexibility index (Phi) is 4.97. The molecule has 1 atom stereocenters. The van der Waals surface area contributed by atoms with E-state index in [9.17, 15) is 9.90 Å². The maximum Gasteiger partial charge on any atom is 0.251 e. The molecule has 0 spiro atoms. The van der Waals surface area contributed by atoms with Gasteiger partial charge in [-0.2, -0.15) is 0 Å². The van der Waals surface area contributed by atoms with Gasteiger partial charge in [-0.05, 0) is 36.6 Å². The molecule has 2 N–H and O–H groups in total. The van der Waals surface area contributed by atoms with Crippen LogP contribution in [-0.2, 0) is 0 Å². The molecule has 0 aliphatic rings. The molecule has 3 nitrogen and oxygen atoms in total. The molecule has 0 saturated carbocycles. The SMILES string of the molecule is Cc1cc(Cl)cc(C(=O)NCC(O)C(C)C)c1. The van der Waals surface area contributed by atoms with Gasteiger partial charge in [-0.25, -0.2) is 0 Å². The summed E-state index contributed by atoms with van der Waals surface area (Å²) in [5.41, 5.74) is 1.46. The molecule has 0 bridgehead atoms. The van der Waals surface area contributed by atoms with Crippen molar-refractivity contribution in [2.24, 2.45) is 5.92 Å². The first-order chi connectivity index (χ1) is 7.90. The molecular weight excluding hydrogens is 238 g/mol. The lowest BCUT2D eigenvalue weighted by Gasteiger charge is -2.15. The van der Waals surface area contributed by atoms with Crippen LogP contribution in [0.15, 0.2) is 18.2 Å². The fourth-order valence-electron chi connectivity index (χ4n) is 1.40. The molecule has 0 fully saturated rings. The van der Waals surface area contributed by atoms with Crippen LogP contribution >= 0.6 is 11.6 Å². The summed E-state index contributed by atoms with van der Waals surface area (Å²) in [5.74, 6) is -0.0910. The number of hydrogen-bond acceptors (Lipinski definition) is 2. The minimum Gasteiger partial charge on any atom is -0.391 e. The van der Waals surface area contributed by atoms with Crippen molar-refractivity contribution < 1.29 is 9.90 Å². The number of hydrogen-bond donors (Lipinski definition) is 2. The number of aryl methyl sites for hydroxylation is 1. The zero-order chi connectivity index (χ0) is 13.0. The molecule has 1 rings (SSSR count). The Bertz CT molecular complexity index is 384. The molecule has 1 aromatic carbocycles. The monoisotopic (exact) mass is 255 g/mol. The number of nitrogens with one attached hydrogen (secondary N) is 1. The highest BCUT2D eigenvalue weighted by Gasteiger charge is 2.12. The number of carbonyl (C=O) groups excluding carboxylic acids is 1. The van der Waals surface area contributed by atoms with E-state index in [1.807, 2.05) is 20.8 Å². The third-order valence-electron chi connectivity index (χ3n) is 2.55. The van der Waals surface area contributed by atoms with Crippen molar-refractivity contribution in [2.75, 3.05) is 6.54 Å². The molecule has 0 aliphatic heterocycles. The maximum absolute atomic E-state index is 11.8. The zero-order valence-electron chi connectivity index (χ0n) is 10.3. The summed E-state index contributed by atoms with van der Waals surface area (Å²) in [6, 6.07) is 5.18. The third kappa shape index (κ3) is 4.36. The fraction of sp³-hybridized carbons (Fsp3) is 0.462. The van der Waals surface area contributed by atoms with Crippen molar-refractivity contribution in [3.8, 4) is 0 Å². The summed E-state index contributed by atoms with van der Waals surface area (Å²) in [4.78, 5) is 11.8. The molecular formula is C13H18ClNO2. The molecule has 4 heteroatoms. The second-order valence-corrected chi connectivity index (χ2v) is 4.98. The second-order valence-electron chi connectivity index (χ2n) is 4.54. The van der Waals surface area contributed by atoms with Crippen molar-refractivity contribution in [3.05, 3.63) is 34.3 Å². The molecule has 94 valence electrons. The predicted molar refractivity (Wildman–Crippen MR) is 69.4 cm³/mol. The van der Waals surface area contributed by atoms with Gasteiger partial charge in [-0.15, -0.1) is 0 Å². The summed E-state index contributed by atoms with van der Waals surface area (Å²) in [6.07, 6.45) is -0.528. The lowest BCUT2D eigenvalue weighted by molar-refractivity contribution is 0.0871. The number of rotatable bonds is 4. The van der Waals surface area contributed by atoms with Crippen LogP contribution in [0.3, 0.4) is 0 Å². The normalized spacial score (nSPS) is 12.6. The van der Waals surface area contributed by atoms with Gasteiger partial charge in [0.05, 0.1) is 6.10 Å². The first-order valence-corrected chi connectivity index (χ1v) is 6.01. The summed E-state index contributed by atoms with van der Waals surface area (Å²) < 4.78 is 0. The molecule has 0 aromatic heterocycles. The molecule has 0 radical (unpaired) electrons.